The molecule has 2 aliphatic rings. The maximum Gasteiger partial charge on any atom is 0.290 e. The van der Waals surface area contributed by atoms with Gasteiger partial charge in [-0.05, 0) is 61.8 Å². The summed E-state index contributed by atoms with van der Waals surface area (Å²) in [6.45, 7) is 7.46. The molecule has 3 aromatic rings. The Morgan fingerprint density at radius 2 is 1.63 bits per heavy atom. The molecular formula is C28H37N5O5. The molecule has 0 aromatic carbocycles. The fourth-order valence-corrected chi connectivity index (χ4v) is 5.30. The van der Waals surface area contributed by atoms with Gasteiger partial charge in [0.05, 0.1) is 17.6 Å². The molecule has 1 aliphatic carbocycles. The maximum atomic E-state index is 13.0. The summed E-state index contributed by atoms with van der Waals surface area (Å²) >= 11 is 0. The number of carbonyl (C=O) groups is 3. The van der Waals surface area contributed by atoms with Gasteiger partial charge in [0.1, 0.15) is 5.65 Å². The predicted octanol–water partition coefficient (Wildman–Crippen LogP) is 4.14. The van der Waals surface area contributed by atoms with Crippen molar-refractivity contribution in [3.05, 3.63) is 42.9 Å². The van der Waals surface area contributed by atoms with E-state index in [1.54, 1.807) is 0 Å². The van der Waals surface area contributed by atoms with Crippen LogP contribution in [0.3, 0.4) is 0 Å². The number of fused-ring (bicyclic) bond motifs is 1. The lowest BCUT2D eigenvalue weighted by Crippen LogP contribution is -2.50. The quantitative estimate of drug-likeness (QED) is 0.434. The number of carboxylic acid groups (broad SMARTS) is 2. The first-order chi connectivity index (χ1) is 18.4. The lowest BCUT2D eigenvalue weighted by atomic mass is 9.76. The molecule has 1 saturated carbocycles. The number of rotatable bonds is 4. The fraction of sp³-hybridized carbons (Fsp3) is 0.464. The zero-order chi connectivity index (χ0) is 27.5. The van der Waals surface area contributed by atoms with E-state index in [9.17, 15) is 4.79 Å². The number of hydrogen-bond donors (Lipinski definition) is 3. The van der Waals surface area contributed by atoms with Crippen LogP contribution in [0.1, 0.15) is 39.5 Å². The standard InChI is InChI=1S/C26H33N5O.2CH2O2/c1-18(2)19-3-5-20(6-4-19)26(32)31-13-11-30(12-14-31)23-7-8-24(28-17-23)22-15-21-9-10-27-25(21)29-16-22;2*2-1-3/h7-10,15-20H,3-6,11-14H2,1-2H3,(H,27,29);2*1H,(H,2,3). The predicted molar refractivity (Wildman–Crippen MR) is 146 cm³/mol. The van der Waals surface area contributed by atoms with Crippen LogP contribution in [0.2, 0.25) is 0 Å². The molecule has 5 rings (SSSR count). The number of nitrogens with zero attached hydrogens (tertiary/aromatic N) is 4. The van der Waals surface area contributed by atoms with E-state index in [1.807, 2.05) is 24.7 Å². The summed E-state index contributed by atoms with van der Waals surface area (Å²) in [5.74, 6) is 2.16. The minimum Gasteiger partial charge on any atom is -0.483 e. The Bertz CT molecular complexity index is 1160. The number of nitrogens with one attached hydrogen (secondary N) is 1. The number of aromatic amines is 1. The summed E-state index contributed by atoms with van der Waals surface area (Å²) in [6, 6.07) is 8.33. The third kappa shape index (κ3) is 7.30. The van der Waals surface area contributed by atoms with Crippen LogP contribution < -0.4 is 4.90 Å². The molecule has 204 valence electrons. The number of pyridine rings is 2. The van der Waals surface area contributed by atoms with Crippen molar-refractivity contribution in [3.63, 3.8) is 0 Å². The molecule has 0 radical (unpaired) electrons. The Morgan fingerprint density at radius 1 is 0.974 bits per heavy atom. The van der Waals surface area contributed by atoms with Crippen LogP contribution in [0.15, 0.2) is 42.9 Å². The summed E-state index contributed by atoms with van der Waals surface area (Å²) in [7, 11) is 0. The Balaban J connectivity index is 0.000000611. The van der Waals surface area contributed by atoms with Gasteiger partial charge in [0.2, 0.25) is 5.91 Å². The van der Waals surface area contributed by atoms with Crippen molar-refractivity contribution >= 4 is 35.6 Å². The molecule has 0 unspecified atom stereocenters. The highest BCUT2D eigenvalue weighted by Crippen LogP contribution is 2.34. The molecule has 3 aromatic heterocycles. The van der Waals surface area contributed by atoms with Crippen LogP contribution in [-0.2, 0) is 14.4 Å². The number of amides is 1. The second kappa shape index (κ2) is 14.1. The zero-order valence-electron chi connectivity index (χ0n) is 22.0. The lowest BCUT2D eigenvalue weighted by molar-refractivity contribution is -0.137. The van der Waals surface area contributed by atoms with Gasteiger partial charge in [0.15, 0.2) is 0 Å². The molecule has 4 heterocycles. The summed E-state index contributed by atoms with van der Waals surface area (Å²) in [5.41, 5.74) is 3.96. The van der Waals surface area contributed by atoms with Crippen LogP contribution in [0.25, 0.3) is 22.3 Å². The average molecular weight is 524 g/mol. The normalized spacial score (nSPS) is 19.1. The Hall–Kier alpha value is -3.95. The molecule has 3 N–H and O–H groups in total. The largest absolute Gasteiger partial charge is 0.483 e. The van der Waals surface area contributed by atoms with E-state index in [4.69, 9.17) is 24.8 Å². The molecule has 0 spiro atoms. The summed E-state index contributed by atoms with van der Waals surface area (Å²) in [6.07, 6.45) is 10.3. The number of piperazine rings is 1. The third-order valence-corrected chi connectivity index (χ3v) is 7.46. The first-order valence-electron chi connectivity index (χ1n) is 13.0. The molecule has 1 saturated heterocycles. The third-order valence-electron chi connectivity index (χ3n) is 7.46. The van der Waals surface area contributed by atoms with Gasteiger partial charge in [-0.3, -0.25) is 19.4 Å². The van der Waals surface area contributed by atoms with E-state index in [0.717, 1.165) is 78.8 Å². The van der Waals surface area contributed by atoms with Crippen molar-refractivity contribution < 1.29 is 24.6 Å². The zero-order valence-corrected chi connectivity index (χ0v) is 22.0. The van der Waals surface area contributed by atoms with Gasteiger partial charge in [-0.25, -0.2) is 4.98 Å². The minimum absolute atomic E-state index is 0.239. The number of H-pyrrole nitrogens is 1. The van der Waals surface area contributed by atoms with E-state index in [-0.39, 0.29) is 18.9 Å². The van der Waals surface area contributed by atoms with Crippen molar-refractivity contribution in [2.45, 2.75) is 39.5 Å². The summed E-state index contributed by atoms with van der Waals surface area (Å²) in [4.78, 5) is 46.5. The second-order valence-corrected chi connectivity index (χ2v) is 9.92. The summed E-state index contributed by atoms with van der Waals surface area (Å²) < 4.78 is 0. The van der Waals surface area contributed by atoms with E-state index >= 15 is 0 Å². The van der Waals surface area contributed by atoms with Gasteiger partial charge in [0.25, 0.3) is 12.9 Å². The monoisotopic (exact) mass is 523 g/mol. The molecule has 1 aliphatic heterocycles. The van der Waals surface area contributed by atoms with Crippen molar-refractivity contribution in [1.29, 1.82) is 0 Å². The van der Waals surface area contributed by atoms with E-state index < -0.39 is 0 Å². The SMILES string of the molecule is CC(C)C1CCC(C(=O)N2CCN(c3ccc(-c4cnc5[nH]ccc5c4)nc3)CC2)CC1.O=CO.O=CO. The Kier molecular flexibility index (Phi) is 10.6. The van der Waals surface area contributed by atoms with Gasteiger partial charge < -0.3 is 25.0 Å². The van der Waals surface area contributed by atoms with E-state index in [0.29, 0.717) is 5.91 Å². The molecule has 0 bridgehead atoms. The first-order valence-corrected chi connectivity index (χ1v) is 13.0. The highest BCUT2D eigenvalue weighted by molar-refractivity contribution is 5.81. The van der Waals surface area contributed by atoms with Gasteiger partial charge in [-0.1, -0.05) is 13.8 Å². The van der Waals surface area contributed by atoms with Crippen molar-refractivity contribution in [2.24, 2.45) is 17.8 Å². The highest BCUT2D eigenvalue weighted by atomic mass is 16.3. The van der Waals surface area contributed by atoms with Crippen molar-refractivity contribution in [2.75, 3.05) is 31.1 Å². The second-order valence-electron chi connectivity index (χ2n) is 9.92. The maximum absolute atomic E-state index is 13.0. The van der Waals surface area contributed by atoms with E-state index in [2.05, 4.69) is 51.8 Å². The highest BCUT2D eigenvalue weighted by Gasteiger charge is 2.31. The van der Waals surface area contributed by atoms with Gasteiger partial charge >= 0.3 is 0 Å². The van der Waals surface area contributed by atoms with Gasteiger partial charge in [-0.15, -0.1) is 0 Å². The van der Waals surface area contributed by atoms with Gasteiger partial charge in [-0.2, -0.15) is 0 Å². The molecule has 38 heavy (non-hydrogen) atoms. The topological polar surface area (TPSA) is 140 Å². The molecule has 10 heteroatoms. The van der Waals surface area contributed by atoms with Crippen LogP contribution in [0, 0.1) is 17.8 Å². The number of aromatic nitrogens is 3. The minimum atomic E-state index is -0.250. The van der Waals surface area contributed by atoms with Gasteiger partial charge in [0, 0.05) is 55.4 Å². The Morgan fingerprint density at radius 3 is 2.21 bits per heavy atom. The number of anilines is 1. The van der Waals surface area contributed by atoms with Crippen LogP contribution in [0.4, 0.5) is 5.69 Å². The van der Waals surface area contributed by atoms with Crippen LogP contribution >= 0.6 is 0 Å². The molecule has 10 nitrogen and oxygen atoms in total. The van der Waals surface area contributed by atoms with Crippen LogP contribution in [-0.4, -0.2) is 75.1 Å². The smallest absolute Gasteiger partial charge is 0.290 e. The number of hydrogen-bond acceptors (Lipinski definition) is 6. The average Bonchev–Trinajstić information content (AvgIpc) is 3.42. The van der Waals surface area contributed by atoms with E-state index in [1.165, 1.54) is 12.8 Å². The van der Waals surface area contributed by atoms with Crippen molar-refractivity contribution in [3.8, 4) is 11.3 Å². The van der Waals surface area contributed by atoms with Crippen molar-refractivity contribution in [1.82, 2.24) is 19.9 Å². The number of carbonyl (C=O) groups excluding carboxylic acids is 1. The Labute approximate surface area is 222 Å². The van der Waals surface area contributed by atoms with Crippen LogP contribution in [0.5, 0.6) is 0 Å². The lowest BCUT2D eigenvalue weighted by Gasteiger charge is -2.39. The summed E-state index contributed by atoms with van der Waals surface area (Å²) in [5, 5.41) is 14.9. The molecular weight excluding hydrogens is 486 g/mol. The molecule has 2 fully saturated rings. The fourth-order valence-electron chi connectivity index (χ4n) is 5.30. The molecule has 0 atom stereocenters. The molecule has 1 amide bonds. The first kappa shape index (κ1) is 28.6.